The Bertz CT molecular complexity index is 951. The monoisotopic (exact) mass is 344 g/mol. The quantitative estimate of drug-likeness (QED) is 0.423. The van der Waals surface area contributed by atoms with E-state index >= 15 is 0 Å². The molecular formula is C24H24O2. The van der Waals surface area contributed by atoms with E-state index in [0.717, 1.165) is 45.9 Å². The highest BCUT2D eigenvalue weighted by molar-refractivity contribution is 6.16. The van der Waals surface area contributed by atoms with E-state index in [9.17, 15) is 4.79 Å². The first-order valence-corrected chi connectivity index (χ1v) is 9.84. The summed E-state index contributed by atoms with van der Waals surface area (Å²) >= 11 is 0. The Morgan fingerprint density at radius 1 is 1.04 bits per heavy atom. The van der Waals surface area contributed by atoms with E-state index in [1.165, 1.54) is 19.3 Å². The molecule has 2 saturated carbocycles. The average Bonchev–Trinajstić information content (AvgIpc) is 3.27. The van der Waals surface area contributed by atoms with Gasteiger partial charge in [-0.15, -0.1) is 0 Å². The first kappa shape index (κ1) is 15.9. The first-order valence-electron chi connectivity index (χ1n) is 9.84. The smallest absolute Gasteiger partial charge is 0.339 e. The highest BCUT2D eigenvalue weighted by atomic mass is 16.6. The average molecular weight is 344 g/mol. The van der Waals surface area contributed by atoms with Gasteiger partial charge < -0.3 is 4.74 Å². The zero-order valence-electron chi connectivity index (χ0n) is 15.2. The van der Waals surface area contributed by atoms with Crippen LogP contribution in [0.15, 0.2) is 54.6 Å². The topological polar surface area (TPSA) is 26.3 Å². The van der Waals surface area contributed by atoms with Crippen LogP contribution in [0.5, 0.6) is 0 Å². The van der Waals surface area contributed by atoms with E-state index < -0.39 is 0 Å². The molecule has 3 atom stereocenters. The molecule has 0 spiro atoms. The summed E-state index contributed by atoms with van der Waals surface area (Å²) in [6.07, 6.45) is 5.71. The van der Waals surface area contributed by atoms with Gasteiger partial charge in [-0.1, -0.05) is 55.5 Å². The van der Waals surface area contributed by atoms with Gasteiger partial charge in [0.25, 0.3) is 0 Å². The molecule has 2 nitrogen and oxygen atoms in total. The Kier molecular flexibility index (Phi) is 3.56. The number of rotatable bonds is 3. The second-order valence-corrected chi connectivity index (χ2v) is 8.08. The van der Waals surface area contributed by atoms with Gasteiger partial charge in [-0.25, -0.2) is 4.79 Å². The Balaban J connectivity index is 1.64. The van der Waals surface area contributed by atoms with E-state index in [0.29, 0.717) is 5.92 Å². The van der Waals surface area contributed by atoms with Crippen LogP contribution in [0.1, 0.15) is 49.4 Å². The van der Waals surface area contributed by atoms with Crippen LogP contribution in [0.25, 0.3) is 21.5 Å². The molecule has 2 aliphatic carbocycles. The molecule has 0 aliphatic heterocycles. The Morgan fingerprint density at radius 2 is 1.69 bits per heavy atom. The van der Waals surface area contributed by atoms with Crippen molar-refractivity contribution in [2.24, 2.45) is 11.8 Å². The summed E-state index contributed by atoms with van der Waals surface area (Å²) in [5.74, 6) is 1.15. The van der Waals surface area contributed by atoms with Gasteiger partial charge in [-0.05, 0) is 71.6 Å². The van der Waals surface area contributed by atoms with E-state index in [-0.39, 0.29) is 11.6 Å². The van der Waals surface area contributed by atoms with Gasteiger partial charge in [0.1, 0.15) is 5.60 Å². The number of carbonyl (C=O) groups is 1. The van der Waals surface area contributed by atoms with Crippen molar-refractivity contribution in [2.45, 2.75) is 44.6 Å². The van der Waals surface area contributed by atoms with Gasteiger partial charge >= 0.3 is 5.97 Å². The van der Waals surface area contributed by atoms with Crippen LogP contribution in [0.2, 0.25) is 0 Å². The van der Waals surface area contributed by atoms with Crippen molar-refractivity contribution in [3.8, 4) is 0 Å². The summed E-state index contributed by atoms with van der Waals surface area (Å²) in [4.78, 5) is 13.4. The number of benzene rings is 3. The second kappa shape index (κ2) is 5.84. The minimum absolute atomic E-state index is 0.146. The molecule has 2 bridgehead atoms. The normalized spacial score (nSPS) is 27.3. The fourth-order valence-corrected chi connectivity index (χ4v) is 5.49. The van der Waals surface area contributed by atoms with Crippen molar-refractivity contribution >= 4 is 27.5 Å². The molecule has 26 heavy (non-hydrogen) atoms. The summed E-state index contributed by atoms with van der Waals surface area (Å²) in [6.45, 7) is 2.18. The lowest BCUT2D eigenvalue weighted by atomic mass is 9.82. The van der Waals surface area contributed by atoms with Crippen LogP contribution < -0.4 is 0 Å². The third-order valence-corrected chi connectivity index (χ3v) is 6.79. The fourth-order valence-electron chi connectivity index (χ4n) is 5.49. The molecule has 3 aromatic carbocycles. The molecule has 0 radical (unpaired) electrons. The van der Waals surface area contributed by atoms with Crippen molar-refractivity contribution in [2.75, 3.05) is 0 Å². The van der Waals surface area contributed by atoms with Crippen LogP contribution in [0.3, 0.4) is 0 Å². The standard InChI is InChI=1S/C24H24O2/c1-2-24(15-16-11-12-19(24)13-16)26-23(25)22-20-9-5-3-7-17(20)14-18-8-4-6-10-21(18)22/h3-10,14,16,19H,2,11-13,15H2,1H3/t16-,19+,24+/m1/s1. The summed E-state index contributed by atoms with van der Waals surface area (Å²) in [5, 5.41) is 4.17. The zero-order valence-corrected chi connectivity index (χ0v) is 15.2. The number of hydrogen-bond acceptors (Lipinski definition) is 2. The lowest BCUT2D eigenvalue weighted by molar-refractivity contribution is -0.0503. The minimum Gasteiger partial charge on any atom is -0.455 e. The number of carbonyl (C=O) groups excluding carboxylic acids is 1. The minimum atomic E-state index is -0.252. The molecule has 0 amide bonds. The van der Waals surface area contributed by atoms with E-state index in [1.54, 1.807) is 0 Å². The van der Waals surface area contributed by atoms with Gasteiger partial charge in [0.15, 0.2) is 0 Å². The summed E-state index contributed by atoms with van der Waals surface area (Å²) in [5.41, 5.74) is 0.479. The molecule has 0 N–H and O–H groups in total. The molecule has 5 rings (SSSR count). The predicted octanol–water partition coefficient (Wildman–Crippen LogP) is 6.12. The lowest BCUT2D eigenvalue weighted by Gasteiger charge is -2.36. The lowest BCUT2D eigenvalue weighted by Crippen LogP contribution is -2.40. The van der Waals surface area contributed by atoms with Crippen molar-refractivity contribution < 1.29 is 9.53 Å². The van der Waals surface area contributed by atoms with Gasteiger partial charge in [0.05, 0.1) is 5.56 Å². The van der Waals surface area contributed by atoms with E-state index in [1.807, 2.05) is 36.4 Å². The van der Waals surface area contributed by atoms with Crippen molar-refractivity contribution in [1.82, 2.24) is 0 Å². The first-order chi connectivity index (χ1) is 12.7. The maximum absolute atomic E-state index is 13.4. The number of fused-ring (bicyclic) bond motifs is 4. The van der Waals surface area contributed by atoms with Gasteiger partial charge in [0, 0.05) is 0 Å². The molecule has 0 heterocycles. The van der Waals surface area contributed by atoms with Gasteiger partial charge in [-0.2, -0.15) is 0 Å². The van der Waals surface area contributed by atoms with Gasteiger partial charge in [-0.3, -0.25) is 0 Å². The summed E-state index contributed by atoms with van der Waals surface area (Å²) < 4.78 is 6.35. The van der Waals surface area contributed by atoms with Crippen LogP contribution in [0.4, 0.5) is 0 Å². The predicted molar refractivity (Wildman–Crippen MR) is 105 cm³/mol. The van der Waals surface area contributed by atoms with E-state index in [2.05, 4.69) is 25.1 Å². The molecule has 2 heteroatoms. The maximum Gasteiger partial charge on any atom is 0.339 e. The highest BCUT2D eigenvalue weighted by Crippen LogP contribution is 2.54. The van der Waals surface area contributed by atoms with Crippen LogP contribution in [-0.4, -0.2) is 11.6 Å². The molecule has 2 fully saturated rings. The second-order valence-electron chi connectivity index (χ2n) is 8.08. The fraction of sp³-hybridized carbons (Fsp3) is 0.375. The molecule has 132 valence electrons. The third-order valence-electron chi connectivity index (χ3n) is 6.79. The van der Waals surface area contributed by atoms with E-state index in [4.69, 9.17) is 4.74 Å². The largest absolute Gasteiger partial charge is 0.455 e. The van der Waals surface area contributed by atoms with Crippen molar-refractivity contribution in [1.29, 1.82) is 0 Å². The Morgan fingerprint density at radius 3 is 2.23 bits per heavy atom. The molecule has 2 aliphatic rings. The number of esters is 1. The number of hydrogen-bond donors (Lipinski definition) is 0. The Labute approximate surface area is 154 Å². The maximum atomic E-state index is 13.4. The van der Waals surface area contributed by atoms with Crippen molar-refractivity contribution in [3.05, 3.63) is 60.2 Å². The van der Waals surface area contributed by atoms with Crippen LogP contribution in [0, 0.1) is 11.8 Å². The van der Waals surface area contributed by atoms with Crippen LogP contribution >= 0.6 is 0 Å². The van der Waals surface area contributed by atoms with Crippen LogP contribution in [-0.2, 0) is 4.74 Å². The highest BCUT2D eigenvalue weighted by Gasteiger charge is 2.52. The molecule has 0 aromatic heterocycles. The third kappa shape index (κ3) is 2.28. The molecule has 3 aromatic rings. The van der Waals surface area contributed by atoms with Gasteiger partial charge in [0.2, 0.25) is 0 Å². The Hall–Kier alpha value is -2.35. The molecular weight excluding hydrogens is 320 g/mol. The summed E-state index contributed by atoms with van der Waals surface area (Å²) in [6, 6.07) is 18.4. The number of ether oxygens (including phenoxy) is 1. The zero-order chi connectivity index (χ0) is 17.7. The summed E-state index contributed by atoms with van der Waals surface area (Å²) in [7, 11) is 0. The molecule has 0 unspecified atom stereocenters. The SMILES string of the molecule is CC[C@]1(OC(=O)c2c3ccccc3cc3ccccc23)C[C@@H]2CC[C@H]1C2. The molecule has 0 saturated heterocycles. The van der Waals surface area contributed by atoms with Crippen molar-refractivity contribution in [3.63, 3.8) is 0 Å².